The van der Waals surface area contributed by atoms with E-state index in [4.69, 9.17) is 9.47 Å². The second-order valence-corrected chi connectivity index (χ2v) is 4.60. The summed E-state index contributed by atoms with van der Waals surface area (Å²) < 4.78 is 13.7. The van der Waals surface area contributed by atoms with E-state index in [9.17, 15) is 4.79 Å². The molecular formula is C13H11N5O3. The van der Waals surface area contributed by atoms with Gasteiger partial charge in [-0.2, -0.15) is 10.2 Å². The molecule has 1 aromatic carbocycles. The third kappa shape index (κ3) is 1.80. The molecule has 0 spiro atoms. The molecule has 3 aromatic rings. The molecule has 3 heterocycles. The lowest BCUT2D eigenvalue weighted by Gasteiger charge is -2.05. The number of ether oxygens (including phenoxy) is 2. The molecule has 0 amide bonds. The Labute approximate surface area is 118 Å². The monoisotopic (exact) mass is 285 g/mol. The Morgan fingerprint density at radius 1 is 1.24 bits per heavy atom. The van der Waals surface area contributed by atoms with Crippen LogP contribution in [0.3, 0.4) is 0 Å². The molecule has 0 saturated carbocycles. The molecule has 0 radical (unpaired) electrons. The molecule has 0 atom stereocenters. The van der Waals surface area contributed by atoms with Crippen molar-refractivity contribution in [3.63, 3.8) is 0 Å². The van der Waals surface area contributed by atoms with E-state index >= 15 is 0 Å². The van der Waals surface area contributed by atoms with Gasteiger partial charge in [0.15, 0.2) is 17.3 Å². The standard InChI is InChI=1S/C13H11N5O3/c1-17-5-4-9(16-17)12-14-15-13(19)18(12)8-2-3-10-11(6-8)21-7-20-10/h2-6H,7H2,1H3,(H,15,19). The van der Waals surface area contributed by atoms with E-state index in [-0.39, 0.29) is 12.5 Å². The molecule has 0 aliphatic carbocycles. The van der Waals surface area contributed by atoms with Crippen molar-refractivity contribution in [2.45, 2.75) is 0 Å². The maximum absolute atomic E-state index is 12.1. The van der Waals surface area contributed by atoms with Gasteiger partial charge in [-0.15, -0.1) is 0 Å². The van der Waals surface area contributed by atoms with Crippen molar-refractivity contribution in [3.8, 4) is 28.7 Å². The highest BCUT2D eigenvalue weighted by Gasteiger charge is 2.18. The average molecular weight is 285 g/mol. The predicted octanol–water partition coefficient (Wildman–Crippen LogP) is 0.690. The largest absolute Gasteiger partial charge is 0.454 e. The van der Waals surface area contributed by atoms with Crippen LogP contribution in [0.25, 0.3) is 17.2 Å². The zero-order valence-corrected chi connectivity index (χ0v) is 11.1. The summed E-state index contributed by atoms with van der Waals surface area (Å²) in [5, 5.41) is 10.8. The van der Waals surface area contributed by atoms with Gasteiger partial charge in [-0.25, -0.2) is 14.5 Å². The van der Waals surface area contributed by atoms with Crippen molar-refractivity contribution >= 4 is 0 Å². The normalized spacial score (nSPS) is 12.8. The third-order valence-electron chi connectivity index (χ3n) is 3.23. The number of aromatic nitrogens is 5. The Hall–Kier alpha value is -3.03. The molecule has 8 heteroatoms. The molecule has 1 aliphatic heterocycles. The van der Waals surface area contributed by atoms with Crippen LogP contribution in [0.5, 0.6) is 11.5 Å². The number of rotatable bonds is 2. The van der Waals surface area contributed by atoms with Crippen LogP contribution in [0.2, 0.25) is 0 Å². The van der Waals surface area contributed by atoms with Crippen molar-refractivity contribution < 1.29 is 9.47 Å². The molecule has 0 unspecified atom stereocenters. The maximum Gasteiger partial charge on any atom is 0.348 e. The Balaban J connectivity index is 1.89. The zero-order valence-electron chi connectivity index (χ0n) is 11.1. The van der Waals surface area contributed by atoms with E-state index in [1.807, 2.05) is 0 Å². The first-order chi connectivity index (χ1) is 10.2. The molecular weight excluding hydrogens is 274 g/mol. The molecule has 0 saturated heterocycles. The lowest BCUT2D eigenvalue weighted by atomic mass is 10.2. The first-order valence-electron chi connectivity index (χ1n) is 6.30. The van der Waals surface area contributed by atoms with Crippen LogP contribution >= 0.6 is 0 Å². The van der Waals surface area contributed by atoms with Crippen molar-refractivity contribution in [2.24, 2.45) is 7.05 Å². The van der Waals surface area contributed by atoms with Crippen molar-refractivity contribution in [1.29, 1.82) is 0 Å². The first kappa shape index (κ1) is 11.8. The number of hydrogen-bond acceptors (Lipinski definition) is 5. The quantitative estimate of drug-likeness (QED) is 0.748. The van der Waals surface area contributed by atoms with Crippen LogP contribution in [0, 0.1) is 0 Å². The van der Waals surface area contributed by atoms with Gasteiger partial charge in [0, 0.05) is 19.3 Å². The van der Waals surface area contributed by atoms with Crippen molar-refractivity contribution in [1.82, 2.24) is 24.5 Å². The maximum atomic E-state index is 12.1. The summed E-state index contributed by atoms with van der Waals surface area (Å²) in [4.78, 5) is 12.1. The molecule has 0 bridgehead atoms. The second-order valence-electron chi connectivity index (χ2n) is 4.60. The number of nitrogens with one attached hydrogen (secondary N) is 1. The summed E-state index contributed by atoms with van der Waals surface area (Å²) in [6.07, 6.45) is 1.79. The van der Waals surface area contributed by atoms with Gasteiger partial charge < -0.3 is 9.47 Å². The van der Waals surface area contributed by atoms with Gasteiger partial charge in [-0.3, -0.25) is 4.68 Å². The Morgan fingerprint density at radius 2 is 2.10 bits per heavy atom. The minimum atomic E-state index is -0.338. The van der Waals surface area contributed by atoms with Crippen molar-refractivity contribution in [3.05, 3.63) is 40.9 Å². The number of aromatic amines is 1. The van der Waals surface area contributed by atoms with Crippen LogP contribution in [-0.4, -0.2) is 31.3 Å². The zero-order chi connectivity index (χ0) is 14.4. The number of H-pyrrole nitrogens is 1. The number of benzene rings is 1. The average Bonchev–Trinajstić information content (AvgIpc) is 3.17. The van der Waals surface area contributed by atoms with E-state index < -0.39 is 0 Å². The van der Waals surface area contributed by atoms with Gasteiger partial charge in [0.1, 0.15) is 5.69 Å². The number of hydrogen-bond donors (Lipinski definition) is 1. The lowest BCUT2D eigenvalue weighted by molar-refractivity contribution is 0.174. The number of fused-ring (bicyclic) bond motifs is 1. The lowest BCUT2D eigenvalue weighted by Crippen LogP contribution is -2.15. The molecule has 0 fully saturated rings. The van der Waals surface area contributed by atoms with Gasteiger partial charge in [0.2, 0.25) is 6.79 Å². The van der Waals surface area contributed by atoms with E-state index in [1.165, 1.54) is 4.57 Å². The minimum absolute atomic E-state index is 0.187. The van der Waals surface area contributed by atoms with Gasteiger partial charge in [0.25, 0.3) is 0 Å². The highest BCUT2D eigenvalue weighted by atomic mass is 16.7. The highest BCUT2D eigenvalue weighted by molar-refractivity contribution is 5.56. The SMILES string of the molecule is Cn1ccc(-c2n[nH]c(=O)n2-c2ccc3c(c2)OCO3)n1. The van der Waals surface area contributed by atoms with E-state index in [2.05, 4.69) is 15.3 Å². The summed E-state index contributed by atoms with van der Waals surface area (Å²) >= 11 is 0. The fourth-order valence-electron chi connectivity index (χ4n) is 2.27. The Bertz CT molecular complexity index is 876. The van der Waals surface area contributed by atoms with Gasteiger partial charge in [0.05, 0.1) is 5.69 Å². The predicted molar refractivity (Wildman–Crippen MR) is 72.5 cm³/mol. The molecule has 1 N–H and O–H groups in total. The summed E-state index contributed by atoms with van der Waals surface area (Å²) in [6.45, 7) is 0.187. The van der Waals surface area contributed by atoms with E-state index in [1.54, 1.807) is 42.2 Å². The van der Waals surface area contributed by atoms with Crippen molar-refractivity contribution in [2.75, 3.05) is 6.79 Å². The molecule has 4 rings (SSSR count). The highest BCUT2D eigenvalue weighted by Crippen LogP contribution is 2.33. The molecule has 8 nitrogen and oxygen atoms in total. The minimum Gasteiger partial charge on any atom is -0.454 e. The van der Waals surface area contributed by atoms with Gasteiger partial charge >= 0.3 is 5.69 Å². The Kier molecular flexibility index (Phi) is 2.37. The molecule has 106 valence electrons. The van der Waals surface area contributed by atoms with E-state index in [0.29, 0.717) is 28.7 Å². The Morgan fingerprint density at radius 3 is 2.90 bits per heavy atom. The van der Waals surface area contributed by atoms with Gasteiger partial charge in [-0.1, -0.05) is 0 Å². The topological polar surface area (TPSA) is 87.0 Å². The molecule has 2 aromatic heterocycles. The van der Waals surface area contributed by atoms with Crippen LogP contribution in [0.4, 0.5) is 0 Å². The van der Waals surface area contributed by atoms with Crippen LogP contribution in [-0.2, 0) is 7.05 Å². The van der Waals surface area contributed by atoms with Crippen LogP contribution in [0.1, 0.15) is 0 Å². The molecule has 1 aliphatic rings. The second kappa shape index (κ2) is 4.23. The fraction of sp³-hybridized carbons (Fsp3) is 0.154. The van der Waals surface area contributed by atoms with Gasteiger partial charge in [-0.05, 0) is 18.2 Å². The van der Waals surface area contributed by atoms with Crippen LogP contribution < -0.4 is 15.2 Å². The number of nitrogens with zero attached hydrogens (tertiary/aromatic N) is 4. The summed E-state index contributed by atoms with van der Waals surface area (Å²) in [7, 11) is 1.80. The summed E-state index contributed by atoms with van der Waals surface area (Å²) in [5.41, 5.74) is 0.904. The number of aryl methyl sites for hydroxylation is 1. The smallest absolute Gasteiger partial charge is 0.348 e. The molecule has 21 heavy (non-hydrogen) atoms. The summed E-state index contributed by atoms with van der Waals surface area (Å²) in [5.74, 6) is 1.71. The first-order valence-corrected chi connectivity index (χ1v) is 6.30. The summed E-state index contributed by atoms with van der Waals surface area (Å²) in [6, 6.07) is 7.07. The van der Waals surface area contributed by atoms with Crippen LogP contribution in [0.15, 0.2) is 35.3 Å². The third-order valence-corrected chi connectivity index (χ3v) is 3.23. The fourth-order valence-corrected chi connectivity index (χ4v) is 2.27. The van der Waals surface area contributed by atoms with E-state index in [0.717, 1.165) is 0 Å².